The molecule has 9 rings (SSSR count). The van der Waals surface area contributed by atoms with Crippen molar-refractivity contribution in [2.45, 2.75) is 12.8 Å². The van der Waals surface area contributed by atoms with E-state index in [-0.39, 0.29) is 0 Å². The van der Waals surface area contributed by atoms with Crippen LogP contribution in [0.25, 0.3) is 49.0 Å². The van der Waals surface area contributed by atoms with Crippen LogP contribution in [0.5, 0.6) is 0 Å². The third-order valence-corrected chi connectivity index (χ3v) is 10.2. The molecular weight excluding hydrogens is 617 g/mol. The van der Waals surface area contributed by atoms with E-state index in [0.717, 1.165) is 29.9 Å². The van der Waals surface area contributed by atoms with E-state index >= 15 is 0 Å². The lowest BCUT2D eigenvalue weighted by molar-refractivity contribution is 1.04. The van der Waals surface area contributed by atoms with Crippen molar-refractivity contribution in [3.8, 4) is 11.1 Å². The van der Waals surface area contributed by atoms with Crippen LogP contribution in [0.4, 0.5) is 28.4 Å². The van der Waals surface area contributed by atoms with Gasteiger partial charge in [0.2, 0.25) is 0 Å². The van der Waals surface area contributed by atoms with E-state index in [1.165, 1.54) is 66.0 Å². The second kappa shape index (κ2) is 13.2. The van der Waals surface area contributed by atoms with Gasteiger partial charge in [-0.05, 0) is 129 Å². The molecule has 0 radical (unpaired) electrons. The van der Waals surface area contributed by atoms with Gasteiger partial charge in [0.25, 0.3) is 0 Å². The zero-order valence-electron chi connectivity index (χ0n) is 28.7. The number of fused-ring (bicyclic) bond motifs is 3. The van der Waals surface area contributed by atoms with E-state index in [4.69, 9.17) is 0 Å². The summed E-state index contributed by atoms with van der Waals surface area (Å²) in [5, 5.41) is 7.51. The minimum absolute atomic E-state index is 1.09. The first-order chi connectivity index (χ1) is 25.2. The zero-order valence-corrected chi connectivity index (χ0v) is 28.7. The molecule has 2 nitrogen and oxygen atoms in total. The van der Waals surface area contributed by atoms with Gasteiger partial charge in [-0.2, -0.15) is 0 Å². The summed E-state index contributed by atoms with van der Waals surface area (Å²) < 4.78 is 0. The second-order valence-electron chi connectivity index (χ2n) is 13.4. The molecule has 0 spiro atoms. The average Bonchev–Trinajstić information content (AvgIpc) is 3.20. The van der Waals surface area contributed by atoms with E-state index < -0.39 is 0 Å². The van der Waals surface area contributed by atoms with Gasteiger partial charge in [-0.1, -0.05) is 121 Å². The number of anilines is 5. The Labute approximate surface area is 299 Å². The summed E-state index contributed by atoms with van der Waals surface area (Å²) >= 11 is 0. The van der Waals surface area contributed by atoms with E-state index in [9.17, 15) is 0 Å². The van der Waals surface area contributed by atoms with Crippen molar-refractivity contribution in [2.24, 2.45) is 0 Å². The van der Waals surface area contributed by atoms with Crippen molar-refractivity contribution in [2.75, 3.05) is 16.8 Å². The Bertz CT molecular complexity index is 2590. The maximum absolute atomic E-state index is 2.40. The molecule has 0 aliphatic heterocycles. The molecule has 244 valence electrons. The fraction of sp³-hybridized carbons (Fsp3) is 0.0612. The summed E-state index contributed by atoms with van der Waals surface area (Å²) in [6.07, 6.45) is 9.08. The molecule has 0 atom stereocenters. The molecule has 0 unspecified atom stereocenters. The molecule has 51 heavy (non-hydrogen) atoms. The summed E-state index contributed by atoms with van der Waals surface area (Å²) in [7, 11) is 2.14. The predicted octanol–water partition coefficient (Wildman–Crippen LogP) is 13.8. The Kier molecular flexibility index (Phi) is 7.91. The van der Waals surface area contributed by atoms with Crippen molar-refractivity contribution in [1.82, 2.24) is 0 Å². The fourth-order valence-corrected chi connectivity index (χ4v) is 7.45. The van der Waals surface area contributed by atoms with E-state index in [2.05, 4.69) is 205 Å². The van der Waals surface area contributed by atoms with Gasteiger partial charge < -0.3 is 9.80 Å². The van der Waals surface area contributed by atoms with Crippen molar-refractivity contribution < 1.29 is 0 Å². The van der Waals surface area contributed by atoms with Crippen LogP contribution < -0.4 is 9.80 Å². The summed E-state index contributed by atoms with van der Waals surface area (Å²) in [5.74, 6) is 0. The van der Waals surface area contributed by atoms with Crippen LogP contribution in [0.15, 0.2) is 188 Å². The van der Waals surface area contributed by atoms with Crippen LogP contribution in [0.2, 0.25) is 0 Å². The first kappa shape index (κ1) is 30.7. The van der Waals surface area contributed by atoms with Crippen molar-refractivity contribution >= 4 is 66.3 Å². The Morgan fingerprint density at radius 3 is 1.78 bits per heavy atom. The lowest BCUT2D eigenvalue weighted by Gasteiger charge is -2.27. The highest BCUT2D eigenvalue weighted by molar-refractivity contribution is 6.00. The highest BCUT2D eigenvalue weighted by Gasteiger charge is 2.17. The largest absolute Gasteiger partial charge is 0.345 e. The first-order valence-corrected chi connectivity index (χ1v) is 17.8. The van der Waals surface area contributed by atoms with Gasteiger partial charge in [-0.25, -0.2) is 0 Å². The number of rotatable bonds is 7. The standard InChI is InChI=1S/C49H38N2/c1-50(46-30-25-42-31-39-14-5-6-15-40(39)32-43(42)34-46)44-26-21-36(22-27-44)37-23-28-45(29-24-37)51(49-20-10-16-38-13-7-8-19-48(38)49)47-18-9-17-41(33-47)35-11-3-2-4-12-35/h3,5-34H,2,4H2,1H3. The summed E-state index contributed by atoms with van der Waals surface area (Å²) in [6, 6.07) is 61.9. The van der Waals surface area contributed by atoms with Gasteiger partial charge in [0.05, 0.1) is 5.69 Å². The third-order valence-electron chi connectivity index (χ3n) is 10.2. The summed E-state index contributed by atoms with van der Waals surface area (Å²) in [6.45, 7) is 0. The Hall–Kier alpha value is -6.38. The number of allylic oxidation sites excluding steroid dienone is 4. The molecule has 0 N–H and O–H groups in total. The fourth-order valence-electron chi connectivity index (χ4n) is 7.45. The predicted molar refractivity (Wildman–Crippen MR) is 220 cm³/mol. The van der Waals surface area contributed by atoms with Gasteiger partial charge >= 0.3 is 0 Å². The zero-order chi connectivity index (χ0) is 34.1. The number of hydrogen-bond donors (Lipinski definition) is 0. The van der Waals surface area contributed by atoms with E-state index in [0.29, 0.717) is 0 Å². The summed E-state index contributed by atoms with van der Waals surface area (Å²) in [4.78, 5) is 4.66. The normalized spacial score (nSPS) is 12.7. The highest BCUT2D eigenvalue weighted by atomic mass is 15.1. The van der Waals surface area contributed by atoms with Crippen LogP contribution in [0, 0.1) is 0 Å². The van der Waals surface area contributed by atoms with Gasteiger partial charge in [0.15, 0.2) is 0 Å². The molecule has 1 aliphatic carbocycles. The van der Waals surface area contributed by atoms with Crippen LogP contribution in [-0.4, -0.2) is 7.05 Å². The van der Waals surface area contributed by atoms with Crippen LogP contribution in [-0.2, 0) is 0 Å². The average molecular weight is 655 g/mol. The highest BCUT2D eigenvalue weighted by Crippen LogP contribution is 2.41. The molecule has 1 aliphatic rings. The van der Waals surface area contributed by atoms with Gasteiger partial charge in [-0.15, -0.1) is 0 Å². The molecule has 0 saturated carbocycles. The molecular formula is C49H38N2. The van der Waals surface area contributed by atoms with Gasteiger partial charge in [0.1, 0.15) is 0 Å². The van der Waals surface area contributed by atoms with Gasteiger partial charge in [0, 0.05) is 35.2 Å². The summed E-state index contributed by atoms with van der Waals surface area (Å²) in [5.41, 5.74) is 10.7. The maximum Gasteiger partial charge on any atom is 0.0540 e. The maximum atomic E-state index is 2.40. The Morgan fingerprint density at radius 1 is 0.412 bits per heavy atom. The Balaban J connectivity index is 1.03. The van der Waals surface area contributed by atoms with Crippen molar-refractivity contribution in [3.63, 3.8) is 0 Å². The quantitative estimate of drug-likeness (QED) is 0.158. The van der Waals surface area contributed by atoms with Crippen LogP contribution >= 0.6 is 0 Å². The molecule has 8 aromatic carbocycles. The lowest BCUT2D eigenvalue weighted by atomic mass is 9.98. The monoisotopic (exact) mass is 654 g/mol. The molecule has 0 fully saturated rings. The van der Waals surface area contributed by atoms with Crippen LogP contribution in [0.3, 0.4) is 0 Å². The minimum atomic E-state index is 1.09. The molecule has 8 aromatic rings. The first-order valence-electron chi connectivity index (χ1n) is 17.8. The number of nitrogens with zero attached hydrogens (tertiary/aromatic N) is 2. The topological polar surface area (TPSA) is 6.48 Å². The molecule has 0 bridgehead atoms. The molecule has 0 saturated heterocycles. The lowest BCUT2D eigenvalue weighted by Crippen LogP contribution is -2.10. The van der Waals surface area contributed by atoms with Gasteiger partial charge in [-0.3, -0.25) is 0 Å². The second-order valence-corrected chi connectivity index (χ2v) is 13.4. The smallest absolute Gasteiger partial charge is 0.0540 e. The Morgan fingerprint density at radius 2 is 1.04 bits per heavy atom. The van der Waals surface area contributed by atoms with Crippen molar-refractivity contribution in [3.05, 3.63) is 194 Å². The number of hydrogen-bond acceptors (Lipinski definition) is 2. The number of benzene rings is 8. The molecule has 0 heterocycles. The van der Waals surface area contributed by atoms with Crippen LogP contribution in [0.1, 0.15) is 18.4 Å². The molecule has 0 aromatic heterocycles. The molecule has 0 amide bonds. The van der Waals surface area contributed by atoms with E-state index in [1.807, 2.05) is 0 Å². The SMILES string of the molecule is CN(c1ccc(-c2ccc(N(c3cccc(C4=CCCC=C4)c3)c3cccc4ccccc34)cc2)cc1)c1ccc2cc3ccccc3cc2c1. The third kappa shape index (κ3) is 5.96. The van der Waals surface area contributed by atoms with Crippen molar-refractivity contribution in [1.29, 1.82) is 0 Å². The van der Waals surface area contributed by atoms with E-state index in [1.54, 1.807) is 0 Å². The molecule has 2 heteroatoms. The minimum Gasteiger partial charge on any atom is -0.345 e.